The Morgan fingerprint density at radius 1 is 1.44 bits per heavy atom. The van der Waals surface area contributed by atoms with Gasteiger partial charge in [-0.05, 0) is 14.0 Å². The van der Waals surface area contributed by atoms with Gasteiger partial charge in [0.25, 0.3) is 0 Å². The zero-order valence-corrected chi connectivity index (χ0v) is 10.7. The molecule has 1 fully saturated rings. The standard InChI is InChI=1S/C11H19NO3S/c1-3-15-11(14)5-4-10(13)9-8-16-7-6-12(9)2/h9H,3-8H2,1-2H3. The van der Waals surface area contributed by atoms with Crippen LogP contribution in [0.15, 0.2) is 0 Å². The first-order chi connectivity index (χ1) is 7.65. The number of nitrogens with zero attached hydrogens (tertiary/aromatic N) is 1. The second kappa shape index (κ2) is 6.91. The van der Waals surface area contributed by atoms with E-state index in [0.29, 0.717) is 13.0 Å². The van der Waals surface area contributed by atoms with Crippen molar-refractivity contribution in [3.8, 4) is 0 Å². The molecule has 1 atom stereocenters. The Bertz CT molecular complexity index is 258. The molecule has 1 aliphatic heterocycles. The molecule has 4 nitrogen and oxygen atoms in total. The highest BCUT2D eigenvalue weighted by Crippen LogP contribution is 2.16. The summed E-state index contributed by atoms with van der Waals surface area (Å²) in [4.78, 5) is 25.0. The summed E-state index contributed by atoms with van der Waals surface area (Å²) >= 11 is 1.80. The highest BCUT2D eigenvalue weighted by molar-refractivity contribution is 7.99. The SMILES string of the molecule is CCOC(=O)CCC(=O)C1CSCCN1C. The van der Waals surface area contributed by atoms with Crippen LogP contribution in [0.3, 0.4) is 0 Å². The summed E-state index contributed by atoms with van der Waals surface area (Å²) in [6.45, 7) is 3.10. The summed E-state index contributed by atoms with van der Waals surface area (Å²) in [5, 5.41) is 0. The Hall–Kier alpha value is -0.550. The number of likely N-dealkylation sites (N-methyl/N-ethyl adjacent to an activating group) is 1. The minimum atomic E-state index is -0.276. The van der Waals surface area contributed by atoms with Crippen LogP contribution in [0.1, 0.15) is 19.8 Å². The largest absolute Gasteiger partial charge is 0.466 e. The van der Waals surface area contributed by atoms with E-state index in [1.165, 1.54) is 0 Å². The van der Waals surface area contributed by atoms with Crippen molar-refractivity contribution in [2.45, 2.75) is 25.8 Å². The molecule has 1 rings (SSSR count). The molecule has 1 aliphatic rings. The van der Waals surface area contributed by atoms with Crippen LogP contribution in [0.5, 0.6) is 0 Å². The molecule has 5 heteroatoms. The van der Waals surface area contributed by atoms with Crippen LogP contribution in [0.2, 0.25) is 0 Å². The zero-order valence-electron chi connectivity index (χ0n) is 9.90. The normalized spacial score (nSPS) is 21.8. The van der Waals surface area contributed by atoms with Crippen LogP contribution < -0.4 is 0 Å². The van der Waals surface area contributed by atoms with E-state index in [9.17, 15) is 9.59 Å². The van der Waals surface area contributed by atoms with Gasteiger partial charge in [0, 0.05) is 24.5 Å². The van der Waals surface area contributed by atoms with Gasteiger partial charge in [0.05, 0.1) is 19.1 Å². The van der Waals surface area contributed by atoms with Crippen molar-refractivity contribution in [2.24, 2.45) is 0 Å². The Labute approximate surface area is 101 Å². The summed E-state index contributed by atoms with van der Waals surface area (Å²) < 4.78 is 4.80. The van der Waals surface area contributed by atoms with Gasteiger partial charge in [0.15, 0.2) is 5.78 Å². The van der Waals surface area contributed by atoms with Crippen LogP contribution in [-0.4, -0.2) is 54.4 Å². The van der Waals surface area contributed by atoms with Gasteiger partial charge in [-0.1, -0.05) is 0 Å². The van der Waals surface area contributed by atoms with Crippen LogP contribution in [0.4, 0.5) is 0 Å². The predicted octanol–water partition coefficient (Wildman–Crippen LogP) is 0.946. The lowest BCUT2D eigenvalue weighted by Crippen LogP contribution is -2.44. The minimum absolute atomic E-state index is 0.0202. The van der Waals surface area contributed by atoms with Gasteiger partial charge in [-0.2, -0.15) is 11.8 Å². The molecule has 16 heavy (non-hydrogen) atoms. The third-order valence-electron chi connectivity index (χ3n) is 2.65. The summed E-state index contributed by atoms with van der Waals surface area (Å²) in [7, 11) is 1.96. The number of hydrogen-bond donors (Lipinski definition) is 0. The number of hydrogen-bond acceptors (Lipinski definition) is 5. The van der Waals surface area contributed by atoms with E-state index in [1.807, 2.05) is 7.05 Å². The molecule has 1 unspecified atom stereocenters. The van der Waals surface area contributed by atoms with Crippen LogP contribution in [-0.2, 0) is 14.3 Å². The maximum Gasteiger partial charge on any atom is 0.306 e. The van der Waals surface area contributed by atoms with Gasteiger partial charge >= 0.3 is 5.97 Å². The zero-order chi connectivity index (χ0) is 12.0. The lowest BCUT2D eigenvalue weighted by molar-refractivity contribution is -0.144. The Balaban J connectivity index is 2.31. The van der Waals surface area contributed by atoms with Crippen LogP contribution in [0.25, 0.3) is 0 Å². The number of carbonyl (C=O) groups is 2. The molecule has 0 aromatic carbocycles. The Morgan fingerprint density at radius 2 is 2.19 bits per heavy atom. The molecule has 0 aromatic heterocycles. The van der Waals surface area contributed by atoms with Gasteiger partial charge in [0.2, 0.25) is 0 Å². The number of thioether (sulfide) groups is 1. The maximum absolute atomic E-state index is 11.9. The molecule has 92 valence electrons. The highest BCUT2D eigenvalue weighted by Gasteiger charge is 2.26. The molecule has 0 saturated carbocycles. The van der Waals surface area contributed by atoms with Gasteiger partial charge in [-0.15, -0.1) is 0 Å². The molecule has 0 bridgehead atoms. The molecular weight excluding hydrogens is 226 g/mol. The van der Waals surface area contributed by atoms with E-state index < -0.39 is 0 Å². The number of carbonyl (C=O) groups excluding carboxylic acids is 2. The van der Waals surface area contributed by atoms with Crippen molar-refractivity contribution < 1.29 is 14.3 Å². The molecule has 0 aliphatic carbocycles. The van der Waals surface area contributed by atoms with E-state index in [0.717, 1.165) is 18.1 Å². The number of rotatable bonds is 5. The first-order valence-corrected chi connectivity index (χ1v) is 6.77. The molecule has 1 saturated heterocycles. The summed E-state index contributed by atoms with van der Waals surface area (Å²) in [5.74, 6) is 1.81. The number of ether oxygens (including phenoxy) is 1. The fourth-order valence-corrected chi connectivity index (χ4v) is 2.90. The van der Waals surface area contributed by atoms with Crippen molar-refractivity contribution >= 4 is 23.5 Å². The average molecular weight is 245 g/mol. The van der Waals surface area contributed by atoms with E-state index in [4.69, 9.17) is 4.74 Å². The number of ketones is 1. The summed E-state index contributed by atoms with van der Waals surface area (Å²) in [6.07, 6.45) is 0.510. The third kappa shape index (κ3) is 4.14. The highest BCUT2D eigenvalue weighted by atomic mass is 32.2. The van der Waals surface area contributed by atoms with Crippen molar-refractivity contribution in [3.63, 3.8) is 0 Å². The van der Waals surface area contributed by atoms with Crippen molar-refractivity contribution in [1.29, 1.82) is 0 Å². The minimum Gasteiger partial charge on any atom is -0.466 e. The van der Waals surface area contributed by atoms with Gasteiger partial charge in [0.1, 0.15) is 0 Å². The second-order valence-corrected chi connectivity index (χ2v) is 4.99. The van der Waals surface area contributed by atoms with Crippen molar-refractivity contribution in [2.75, 3.05) is 31.7 Å². The Kier molecular flexibility index (Phi) is 5.84. The quantitative estimate of drug-likeness (QED) is 0.675. The monoisotopic (exact) mass is 245 g/mol. The van der Waals surface area contributed by atoms with Crippen molar-refractivity contribution in [3.05, 3.63) is 0 Å². The van der Waals surface area contributed by atoms with E-state index >= 15 is 0 Å². The van der Waals surface area contributed by atoms with E-state index in [-0.39, 0.29) is 24.2 Å². The molecule has 0 N–H and O–H groups in total. The second-order valence-electron chi connectivity index (χ2n) is 3.84. The summed E-state index contributed by atoms with van der Waals surface area (Å²) in [5.41, 5.74) is 0. The predicted molar refractivity (Wildman–Crippen MR) is 64.6 cm³/mol. The summed E-state index contributed by atoms with van der Waals surface area (Å²) in [6, 6.07) is -0.0202. The van der Waals surface area contributed by atoms with Crippen molar-refractivity contribution in [1.82, 2.24) is 4.90 Å². The lowest BCUT2D eigenvalue weighted by atomic mass is 10.1. The van der Waals surface area contributed by atoms with Gasteiger partial charge in [-0.25, -0.2) is 0 Å². The van der Waals surface area contributed by atoms with Gasteiger partial charge < -0.3 is 4.74 Å². The van der Waals surface area contributed by atoms with E-state index in [1.54, 1.807) is 18.7 Å². The molecular formula is C11H19NO3S. The third-order valence-corrected chi connectivity index (χ3v) is 3.67. The first-order valence-electron chi connectivity index (χ1n) is 5.61. The molecule has 1 heterocycles. The van der Waals surface area contributed by atoms with Crippen LogP contribution in [0, 0.1) is 0 Å². The lowest BCUT2D eigenvalue weighted by Gasteiger charge is -2.30. The fourth-order valence-electron chi connectivity index (χ4n) is 1.65. The molecule has 0 spiro atoms. The first kappa shape index (κ1) is 13.5. The molecule has 0 amide bonds. The molecule has 0 radical (unpaired) electrons. The van der Waals surface area contributed by atoms with Crippen LogP contribution >= 0.6 is 11.8 Å². The Morgan fingerprint density at radius 3 is 2.81 bits per heavy atom. The smallest absolute Gasteiger partial charge is 0.306 e. The average Bonchev–Trinajstić information content (AvgIpc) is 2.27. The van der Waals surface area contributed by atoms with E-state index in [2.05, 4.69) is 4.90 Å². The van der Waals surface area contributed by atoms with Gasteiger partial charge in [-0.3, -0.25) is 14.5 Å². The molecule has 0 aromatic rings. The topological polar surface area (TPSA) is 46.6 Å². The number of esters is 1. The maximum atomic E-state index is 11.9. The fraction of sp³-hybridized carbons (Fsp3) is 0.818. The number of Topliss-reactive ketones (excluding diaryl/α,β-unsaturated/α-hetero) is 1.